The minimum Gasteiger partial charge on any atom is -0.497 e. The van der Waals surface area contributed by atoms with Crippen molar-refractivity contribution in [1.29, 1.82) is 0 Å². The Bertz CT molecular complexity index is 1370. The predicted octanol–water partition coefficient (Wildman–Crippen LogP) is 4.91. The van der Waals surface area contributed by atoms with Gasteiger partial charge < -0.3 is 19.7 Å². The normalized spacial score (nSPS) is 18.2. The molecule has 0 fully saturated rings. The molecule has 2 aliphatic rings. The Hall–Kier alpha value is -4.26. The van der Waals surface area contributed by atoms with E-state index < -0.39 is 0 Å². The minimum absolute atomic E-state index is 0.176. The third-order valence-corrected chi connectivity index (χ3v) is 6.47. The summed E-state index contributed by atoms with van der Waals surface area (Å²) in [6.07, 6.45) is 1.29. The van der Waals surface area contributed by atoms with Gasteiger partial charge in [0.05, 0.1) is 12.8 Å². The summed E-state index contributed by atoms with van der Waals surface area (Å²) in [5.41, 5.74) is 6.44. The van der Waals surface area contributed by atoms with Gasteiger partial charge >= 0.3 is 0 Å². The van der Waals surface area contributed by atoms with E-state index in [1.807, 2.05) is 49.1 Å². The summed E-state index contributed by atoms with van der Waals surface area (Å²) in [5.74, 6) is 2.36. The van der Waals surface area contributed by atoms with E-state index in [2.05, 4.69) is 62.8 Å². The highest BCUT2D eigenvalue weighted by Crippen LogP contribution is 2.50. The van der Waals surface area contributed by atoms with Crippen LogP contribution >= 0.6 is 0 Å². The molecular formula is C27H25N5O2. The second kappa shape index (κ2) is 7.95. The van der Waals surface area contributed by atoms with Crippen LogP contribution in [0.4, 0.5) is 11.6 Å². The third-order valence-electron chi connectivity index (χ3n) is 6.47. The molecule has 2 aliphatic heterocycles. The van der Waals surface area contributed by atoms with Crippen LogP contribution in [-0.4, -0.2) is 36.0 Å². The molecule has 1 N–H and O–H groups in total. The lowest BCUT2D eigenvalue weighted by atomic mass is 9.84. The monoisotopic (exact) mass is 451 g/mol. The predicted molar refractivity (Wildman–Crippen MR) is 132 cm³/mol. The Kier molecular flexibility index (Phi) is 4.76. The molecule has 34 heavy (non-hydrogen) atoms. The lowest BCUT2D eigenvalue weighted by Gasteiger charge is -2.39. The number of fused-ring (bicyclic) bond motifs is 3. The van der Waals surface area contributed by atoms with Crippen molar-refractivity contribution < 1.29 is 9.47 Å². The van der Waals surface area contributed by atoms with Crippen LogP contribution < -0.4 is 19.7 Å². The molecule has 0 spiro atoms. The second-order valence-electron chi connectivity index (χ2n) is 8.64. The van der Waals surface area contributed by atoms with Crippen LogP contribution in [0.25, 0.3) is 5.70 Å². The number of para-hydroxylation sites is 1. The first-order chi connectivity index (χ1) is 16.6. The van der Waals surface area contributed by atoms with E-state index in [0.717, 1.165) is 45.1 Å². The molecule has 3 heterocycles. The lowest BCUT2D eigenvalue weighted by Crippen LogP contribution is -2.32. The van der Waals surface area contributed by atoms with Gasteiger partial charge in [0.1, 0.15) is 30.0 Å². The van der Waals surface area contributed by atoms with Crippen molar-refractivity contribution >= 4 is 17.3 Å². The molecule has 0 amide bonds. The molecule has 0 unspecified atom stereocenters. The fourth-order valence-electron chi connectivity index (χ4n) is 4.75. The van der Waals surface area contributed by atoms with E-state index in [9.17, 15) is 0 Å². The van der Waals surface area contributed by atoms with Crippen LogP contribution in [0.5, 0.6) is 11.5 Å². The molecule has 170 valence electrons. The van der Waals surface area contributed by atoms with Crippen molar-refractivity contribution in [3.05, 3.63) is 101 Å². The summed E-state index contributed by atoms with van der Waals surface area (Å²) in [7, 11) is 5.76. The van der Waals surface area contributed by atoms with Gasteiger partial charge in [-0.05, 0) is 47.5 Å². The fraction of sp³-hybridized carbons (Fsp3) is 0.185. The summed E-state index contributed by atoms with van der Waals surface area (Å²) in [4.78, 5) is 6.60. The van der Waals surface area contributed by atoms with Gasteiger partial charge in [-0.1, -0.05) is 36.4 Å². The Balaban J connectivity index is 1.57. The lowest BCUT2D eigenvalue weighted by molar-refractivity contribution is 0.223. The zero-order chi connectivity index (χ0) is 23.2. The fourth-order valence-corrected chi connectivity index (χ4v) is 4.75. The molecule has 3 aromatic carbocycles. The number of hydrogen-bond donors (Lipinski definition) is 1. The number of methoxy groups -OCH3 is 1. The number of anilines is 2. The highest BCUT2D eigenvalue weighted by atomic mass is 16.5. The van der Waals surface area contributed by atoms with Gasteiger partial charge in [0, 0.05) is 30.9 Å². The van der Waals surface area contributed by atoms with Crippen LogP contribution in [0.15, 0.2) is 84.7 Å². The third kappa shape index (κ3) is 3.20. The molecular weight excluding hydrogens is 426 g/mol. The summed E-state index contributed by atoms with van der Waals surface area (Å²) in [5, 5.41) is 8.14. The molecule has 0 bridgehead atoms. The Morgan fingerprint density at radius 3 is 2.41 bits per heavy atom. The molecule has 0 saturated heterocycles. The number of hydrogen-bond acceptors (Lipinski definition) is 6. The average Bonchev–Trinajstić information content (AvgIpc) is 3.35. The molecule has 0 radical (unpaired) electrons. The Morgan fingerprint density at radius 1 is 0.941 bits per heavy atom. The highest BCUT2D eigenvalue weighted by molar-refractivity contribution is 5.85. The van der Waals surface area contributed by atoms with Crippen LogP contribution in [-0.2, 0) is 0 Å². The first-order valence-electron chi connectivity index (χ1n) is 11.2. The first-order valence-corrected chi connectivity index (χ1v) is 11.2. The topological polar surface area (TPSA) is 64.4 Å². The van der Waals surface area contributed by atoms with Crippen molar-refractivity contribution in [3.8, 4) is 11.5 Å². The number of ether oxygens (including phenoxy) is 2. The van der Waals surface area contributed by atoms with Gasteiger partial charge in [-0.25, -0.2) is 4.68 Å². The van der Waals surface area contributed by atoms with Crippen LogP contribution in [0.2, 0.25) is 0 Å². The van der Waals surface area contributed by atoms with Crippen LogP contribution in [0, 0.1) is 0 Å². The van der Waals surface area contributed by atoms with E-state index >= 15 is 0 Å². The molecule has 2 atom stereocenters. The van der Waals surface area contributed by atoms with Crippen LogP contribution in [0.1, 0.15) is 28.8 Å². The summed E-state index contributed by atoms with van der Waals surface area (Å²) < 4.78 is 14.0. The quantitative estimate of drug-likeness (QED) is 0.476. The van der Waals surface area contributed by atoms with E-state index in [4.69, 9.17) is 9.47 Å². The largest absolute Gasteiger partial charge is 0.497 e. The SMILES string of the molecule is COc1ccc([C@@H]2Oc3ccccc3C3=C2[C@H](c2ccc(N(C)C)cc2)n2ncnc2N3)cc1. The molecule has 1 aromatic heterocycles. The van der Waals surface area contributed by atoms with Crippen molar-refractivity contribution in [2.75, 3.05) is 31.4 Å². The van der Waals surface area contributed by atoms with Gasteiger partial charge in [-0.2, -0.15) is 10.1 Å². The van der Waals surface area contributed by atoms with Crippen molar-refractivity contribution in [2.45, 2.75) is 12.1 Å². The summed E-state index contributed by atoms with van der Waals surface area (Å²) in [6, 6.07) is 24.6. The average molecular weight is 452 g/mol. The zero-order valence-corrected chi connectivity index (χ0v) is 19.3. The zero-order valence-electron chi connectivity index (χ0n) is 19.3. The van der Waals surface area contributed by atoms with E-state index in [0.29, 0.717) is 5.95 Å². The number of rotatable bonds is 4. The van der Waals surface area contributed by atoms with E-state index in [1.165, 1.54) is 0 Å². The van der Waals surface area contributed by atoms with Gasteiger partial charge in [0.25, 0.3) is 0 Å². The maximum absolute atomic E-state index is 6.66. The van der Waals surface area contributed by atoms with Crippen LogP contribution in [0.3, 0.4) is 0 Å². The first kappa shape index (κ1) is 20.4. The molecule has 7 nitrogen and oxygen atoms in total. The van der Waals surface area contributed by atoms with E-state index in [-0.39, 0.29) is 12.1 Å². The summed E-state index contributed by atoms with van der Waals surface area (Å²) >= 11 is 0. The number of aromatic nitrogens is 3. The highest BCUT2D eigenvalue weighted by Gasteiger charge is 2.40. The van der Waals surface area contributed by atoms with Gasteiger partial charge in [0.2, 0.25) is 5.95 Å². The van der Waals surface area contributed by atoms with Gasteiger partial charge in [-0.3, -0.25) is 0 Å². The maximum atomic E-state index is 6.66. The molecule has 0 aliphatic carbocycles. The van der Waals surface area contributed by atoms with Crippen molar-refractivity contribution in [2.24, 2.45) is 0 Å². The molecule has 0 saturated carbocycles. The summed E-state index contributed by atoms with van der Waals surface area (Å²) in [6.45, 7) is 0. The Morgan fingerprint density at radius 2 is 1.68 bits per heavy atom. The molecule has 7 heteroatoms. The smallest absolute Gasteiger partial charge is 0.226 e. The van der Waals surface area contributed by atoms with Gasteiger partial charge in [0.15, 0.2) is 0 Å². The number of nitrogens with zero attached hydrogens (tertiary/aromatic N) is 4. The Labute approximate surface area is 198 Å². The van der Waals surface area contributed by atoms with Crippen molar-refractivity contribution in [3.63, 3.8) is 0 Å². The second-order valence-corrected chi connectivity index (χ2v) is 8.64. The number of nitrogens with one attached hydrogen (secondary N) is 1. The van der Waals surface area contributed by atoms with Crippen molar-refractivity contribution in [1.82, 2.24) is 14.8 Å². The van der Waals surface area contributed by atoms with E-state index in [1.54, 1.807) is 13.4 Å². The molecule has 4 aromatic rings. The standard InChI is InChI=1S/C27H25N5O2/c1-31(2)19-12-8-17(9-13-19)25-23-24(30-27-28-16-29-32(25)27)21-6-4-5-7-22(21)34-26(23)18-10-14-20(33-3)15-11-18/h4-16,25-26H,1-3H3,(H,28,29,30)/t25-,26-/m0/s1. The maximum Gasteiger partial charge on any atom is 0.226 e. The van der Waals surface area contributed by atoms with Gasteiger partial charge in [-0.15, -0.1) is 0 Å². The minimum atomic E-state index is -0.306. The molecule has 6 rings (SSSR count). The number of benzene rings is 3.